The van der Waals surface area contributed by atoms with Gasteiger partial charge in [0, 0.05) is 31.4 Å². The van der Waals surface area contributed by atoms with E-state index in [1.54, 1.807) is 6.20 Å². The fourth-order valence-corrected chi connectivity index (χ4v) is 2.07. The third-order valence-corrected chi connectivity index (χ3v) is 3.23. The minimum Gasteiger partial charge on any atom is -0.390 e. The van der Waals surface area contributed by atoms with Gasteiger partial charge in [-0.05, 0) is 25.8 Å². The van der Waals surface area contributed by atoms with Crippen molar-refractivity contribution in [3.05, 3.63) is 23.9 Å². The maximum atomic E-state index is 9.89. The minimum atomic E-state index is -0.520. The molecule has 0 unspecified atom stereocenters. The zero-order chi connectivity index (χ0) is 11.6. The first-order valence-corrected chi connectivity index (χ1v) is 5.74. The van der Waals surface area contributed by atoms with Gasteiger partial charge < -0.3 is 15.7 Å². The van der Waals surface area contributed by atoms with Crippen LogP contribution in [0.15, 0.2) is 18.3 Å². The van der Waals surface area contributed by atoms with Gasteiger partial charge in [0.15, 0.2) is 0 Å². The third-order valence-electron chi connectivity index (χ3n) is 3.23. The van der Waals surface area contributed by atoms with Crippen LogP contribution in [-0.2, 0) is 6.54 Å². The Morgan fingerprint density at radius 3 is 2.81 bits per heavy atom. The van der Waals surface area contributed by atoms with E-state index in [4.69, 9.17) is 5.73 Å². The van der Waals surface area contributed by atoms with E-state index in [1.807, 2.05) is 19.1 Å². The largest absolute Gasteiger partial charge is 0.390 e. The van der Waals surface area contributed by atoms with E-state index in [0.29, 0.717) is 6.54 Å². The average Bonchev–Trinajstić information content (AvgIpc) is 2.29. The Hall–Kier alpha value is -1.13. The van der Waals surface area contributed by atoms with E-state index in [0.717, 1.165) is 37.3 Å². The van der Waals surface area contributed by atoms with E-state index < -0.39 is 5.60 Å². The number of pyridine rings is 1. The quantitative estimate of drug-likeness (QED) is 0.778. The topological polar surface area (TPSA) is 62.4 Å². The van der Waals surface area contributed by atoms with Crippen LogP contribution in [-0.4, -0.2) is 28.8 Å². The standard InChI is InChI=1S/C12H19N3O/c1-12(16)4-7-15(8-5-12)11-10(9-13)3-2-6-14-11/h2-3,6,16H,4-5,7-9,13H2,1H3. The van der Waals surface area contributed by atoms with E-state index in [2.05, 4.69) is 9.88 Å². The van der Waals surface area contributed by atoms with Crippen molar-refractivity contribution < 1.29 is 5.11 Å². The van der Waals surface area contributed by atoms with E-state index in [-0.39, 0.29) is 0 Å². The molecule has 1 aromatic heterocycles. The van der Waals surface area contributed by atoms with Crippen molar-refractivity contribution in [2.24, 2.45) is 5.73 Å². The maximum absolute atomic E-state index is 9.89. The molecule has 2 heterocycles. The predicted octanol–water partition coefficient (Wildman–Crippen LogP) is 0.891. The summed E-state index contributed by atoms with van der Waals surface area (Å²) in [7, 11) is 0. The van der Waals surface area contributed by atoms with Gasteiger partial charge >= 0.3 is 0 Å². The van der Waals surface area contributed by atoms with Crippen LogP contribution in [0.4, 0.5) is 5.82 Å². The molecular formula is C12H19N3O. The normalized spacial score (nSPS) is 19.8. The molecule has 0 bridgehead atoms. The van der Waals surface area contributed by atoms with Crippen LogP contribution in [0.2, 0.25) is 0 Å². The first kappa shape index (κ1) is 11.4. The zero-order valence-electron chi connectivity index (χ0n) is 9.69. The maximum Gasteiger partial charge on any atom is 0.133 e. The molecule has 0 aliphatic carbocycles. The number of nitrogens with zero attached hydrogens (tertiary/aromatic N) is 2. The van der Waals surface area contributed by atoms with Crippen molar-refractivity contribution in [2.45, 2.75) is 31.9 Å². The van der Waals surface area contributed by atoms with Crippen molar-refractivity contribution in [2.75, 3.05) is 18.0 Å². The van der Waals surface area contributed by atoms with Gasteiger partial charge in [0.05, 0.1) is 5.60 Å². The van der Waals surface area contributed by atoms with E-state index in [1.165, 1.54) is 0 Å². The molecule has 1 fully saturated rings. The number of rotatable bonds is 2. The predicted molar refractivity (Wildman–Crippen MR) is 64.2 cm³/mol. The highest BCUT2D eigenvalue weighted by atomic mass is 16.3. The van der Waals surface area contributed by atoms with Crippen molar-refractivity contribution in [1.82, 2.24) is 4.98 Å². The number of anilines is 1. The van der Waals surface area contributed by atoms with Crippen molar-refractivity contribution in [1.29, 1.82) is 0 Å². The first-order chi connectivity index (χ1) is 7.62. The SMILES string of the molecule is CC1(O)CCN(c2ncccc2CN)CC1. The number of nitrogens with two attached hydrogens (primary N) is 1. The Balaban J connectivity index is 2.14. The van der Waals surface area contributed by atoms with Crippen molar-refractivity contribution in [3.63, 3.8) is 0 Å². The summed E-state index contributed by atoms with van der Waals surface area (Å²) in [5.74, 6) is 0.973. The van der Waals surface area contributed by atoms with E-state index >= 15 is 0 Å². The lowest BCUT2D eigenvalue weighted by molar-refractivity contribution is 0.0350. The van der Waals surface area contributed by atoms with Crippen LogP contribution in [0.1, 0.15) is 25.3 Å². The van der Waals surface area contributed by atoms with Crippen LogP contribution in [0, 0.1) is 0 Å². The summed E-state index contributed by atoms with van der Waals surface area (Å²) in [6.07, 6.45) is 3.36. The fraction of sp³-hybridized carbons (Fsp3) is 0.583. The van der Waals surface area contributed by atoms with Gasteiger partial charge in [-0.15, -0.1) is 0 Å². The smallest absolute Gasteiger partial charge is 0.133 e. The summed E-state index contributed by atoms with van der Waals surface area (Å²) in [6.45, 7) is 4.09. The number of hydrogen-bond acceptors (Lipinski definition) is 4. The summed E-state index contributed by atoms with van der Waals surface area (Å²) in [4.78, 5) is 6.59. The third kappa shape index (κ3) is 2.33. The van der Waals surface area contributed by atoms with E-state index in [9.17, 15) is 5.11 Å². The molecule has 0 radical (unpaired) electrons. The molecule has 0 spiro atoms. The fourth-order valence-electron chi connectivity index (χ4n) is 2.07. The lowest BCUT2D eigenvalue weighted by Crippen LogP contribution is -2.43. The first-order valence-electron chi connectivity index (χ1n) is 5.74. The molecule has 88 valence electrons. The molecule has 3 N–H and O–H groups in total. The molecule has 1 aliphatic rings. The molecule has 0 amide bonds. The van der Waals surface area contributed by atoms with Crippen LogP contribution >= 0.6 is 0 Å². The number of aromatic nitrogens is 1. The summed E-state index contributed by atoms with van der Waals surface area (Å²) >= 11 is 0. The molecule has 0 aromatic carbocycles. The van der Waals surface area contributed by atoms with Gasteiger partial charge in [-0.25, -0.2) is 4.98 Å². The summed E-state index contributed by atoms with van der Waals surface area (Å²) < 4.78 is 0. The summed E-state index contributed by atoms with van der Waals surface area (Å²) in [6, 6.07) is 3.92. The van der Waals surface area contributed by atoms with Gasteiger partial charge in [-0.2, -0.15) is 0 Å². The lowest BCUT2D eigenvalue weighted by Gasteiger charge is -2.37. The Bertz CT molecular complexity index is 355. The molecule has 16 heavy (non-hydrogen) atoms. The highest BCUT2D eigenvalue weighted by Gasteiger charge is 2.28. The van der Waals surface area contributed by atoms with Gasteiger partial charge in [0.2, 0.25) is 0 Å². The van der Waals surface area contributed by atoms with Gasteiger partial charge in [0.25, 0.3) is 0 Å². The molecule has 0 atom stereocenters. The molecular weight excluding hydrogens is 202 g/mol. The number of piperidine rings is 1. The zero-order valence-corrected chi connectivity index (χ0v) is 9.69. The van der Waals surface area contributed by atoms with Crippen LogP contribution in [0.3, 0.4) is 0 Å². The summed E-state index contributed by atoms with van der Waals surface area (Å²) in [5, 5.41) is 9.89. The highest BCUT2D eigenvalue weighted by Crippen LogP contribution is 2.26. The molecule has 1 aliphatic heterocycles. The van der Waals surface area contributed by atoms with Crippen LogP contribution < -0.4 is 10.6 Å². The second kappa shape index (κ2) is 4.39. The molecule has 1 saturated heterocycles. The molecule has 1 aromatic rings. The van der Waals surface area contributed by atoms with Crippen LogP contribution in [0.5, 0.6) is 0 Å². The van der Waals surface area contributed by atoms with Crippen molar-refractivity contribution >= 4 is 5.82 Å². The highest BCUT2D eigenvalue weighted by molar-refractivity contribution is 5.47. The van der Waals surface area contributed by atoms with Gasteiger partial charge in [-0.1, -0.05) is 6.07 Å². The molecule has 4 heteroatoms. The molecule has 2 rings (SSSR count). The van der Waals surface area contributed by atoms with Crippen molar-refractivity contribution in [3.8, 4) is 0 Å². The minimum absolute atomic E-state index is 0.510. The second-order valence-electron chi connectivity index (χ2n) is 4.67. The van der Waals surface area contributed by atoms with Crippen LogP contribution in [0.25, 0.3) is 0 Å². The average molecular weight is 221 g/mol. The van der Waals surface area contributed by atoms with Gasteiger partial charge in [0.1, 0.15) is 5.82 Å². The Morgan fingerprint density at radius 2 is 2.19 bits per heavy atom. The summed E-state index contributed by atoms with van der Waals surface area (Å²) in [5.41, 5.74) is 6.25. The van der Waals surface area contributed by atoms with Gasteiger partial charge in [-0.3, -0.25) is 0 Å². The second-order valence-corrected chi connectivity index (χ2v) is 4.67. The Labute approximate surface area is 96.1 Å². The lowest BCUT2D eigenvalue weighted by atomic mass is 9.93. The monoisotopic (exact) mass is 221 g/mol. The molecule has 0 saturated carbocycles. The number of aliphatic hydroxyl groups is 1. The number of hydrogen-bond donors (Lipinski definition) is 2. The Kier molecular flexibility index (Phi) is 3.12. The molecule has 4 nitrogen and oxygen atoms in total. The Morgan fingerprint density at radius 1 is 1.50 bits per heavy atom.